The van der Waals surface area contributed by atoms with E-state index in [2.05, 4.69) is 15.3 Å². The van der Waals surface area contributed by atoms with Gasteiger partial charge in [-0.15, -0.1) is 12.4 Å². The maximum absolute atomic E-state index is 14.8. The van der Waals surface area contributed by atoms with Gasteiger partial charge in [-0.05, 0) is 36.2 Å². The summed E-state index contributed by atoms with van der Waals surface area (Å²) in [5.41, 5.74) is 4.12. The first-order valence-electron chi connectivity index (χ1n) is 11.0. The number of rotatable bonds is 3. The topological polar surface area (TPSA) is 74.7 Å². The number of nitrogens with one attached hydrogen (secondary N) is 1. The van der Waals surface area contributed by atoms with Crippen molar-refractivity contribution < 1.29 is 14.0 Å². The summed E-state index contributed by atoms with van der Waals surface area (Å²) in [6.07, 6.45) is 0.963. The number of anilines is 1. The van der Waals surface area contributed by atoms with Crippen molar-refractivity contribution >= 4 is 46.5 Å². The van der Waals surface area contributed by atoms with Gasteiger partial charge in [0.1, 0.15) is 5.82 Å². The number of carbonyl (C=O) groups excluding carboxylic acids is 2. The van der Waals surface area contributed by atoms with Crippen LogP contribution in [0.4, 0.5) is 10.1 Å². The molecule has 174 valence electrons. The highest BCUT2D eigenvalue weighted by atomic mass is 35.5. The molecule has 0 saturated carbocycles. The van der Waals surface area contributed by atoms with Gasteiger partial charge in [0.25, 0.3) is 11.8 Å². The van der Waals surface area contributed by atoms with Crippen molar-refractivity contribution in [3.05, 3.63) is 107 Å². The molecular weight excluding hydrogens is 467 g/mol. The Hall–Kier alpha value is -4.10. The number of fused-ring (bicyclic) bond motifs is 1. The van der Waals surface area contributed by atoms with Gasteiger partial charge in [-0.3, -0.25) is 14.6 Å². The first-order valence-corrected chi connectivity index (χ1v) is 11.0. The maximum atomic E-state index is 14.8. The van der Waals surface area contributed by atoms with Gasteiger partial charge >= 0.3 is 0 Å². The molecule has 6 nitrogen and oxygen atoms in total. The van der Waals surface area contributed by atoms with Crippen LogP contribution in [0.15, 0.2) is 84.0 Å². The summed E-state index contributed by atoms with van der Waals surface area (Å²) >= 11 is 0. The highest BCUT2D eigenvalue weighted by molar-refractivity contribution is 6.21. The van der Waals surface area contributed by atoms with E-state index in [0.29, 0.717) is 29.8 Å². The Morgan fingerprint density at radius 2 is 1.77 bits per heavy atom. The number of para-hydroxylation sites is 2. The first kappa shape index (κ1) is 22.7. The molecule has 0 fully saturated rings. The molecule has 4 aromatic rings. The predicted molar refractivity (Wildman–Crippen MR) is 135 cm³/mol. The van der Waals surface area contributed by atoms with Crippen LogP contribution >= 0.6 is 12.4 Å². The molecule has 2 aliphatic rings. The molecule has 3 heterocycles. The Kier molecular flexibility index (Phi) is 5.78. The number of nitrogens with zero attached hydrogens (tertiary/aromatic N) is 3. The van der Waals surface area contributed by atoms with Crippen LogP contribution in [0, 0.1) is 5.82 Å². The van der Waals surface area contributed by atoms with Crippen molar-refractivity contribution in [3.63, 3.8) is 0 Å². The third-order valence-electron chi connectivity index (χ3n) is 6.26. The third-order valence-corrected chi connectivity index (χ3v) is 6.26. The number of hydrogen-bond donors (Lipinski definition) is 1. The second-order valence-corrected chi connectivity index (χ2v) is 8.30. The number of pyridine rings is 1. The lowest BCUT2D eigenvalue weighted by Crippen LogP contribution is -2.47. The third kappa shape index (κ3) is 3.84. The molecule has 3 aromatic carbocycles. The number of aromatic nitrogens is 1. The van der Waals surface area contributed by atoms with Crippen LogP contribution in [0.2, 0.25) is 0 Å². The lowest BCUT2D eigenvalue weighted by Gasteiger charge is -2.21. The summed E-state index contributed by atoms with van der Waals surface area (Å²) in [5, 5.41) is 3.57. The quantitative estimate of drug-likeness (QED) is 0.469. The highest BCUT2D eigenvalue weighted by Crippen LogP contribution is 2.36. The Labute approximate surface area is 206 Å². The van der Waals surface area contributed by atoms with Crippen LogP contribution in [0.25, 0.3) is 10.9 Å². The van der Waals surface area contributed by atoms with Crippen molar-refractivity contribution in [2.45, 2.75) is 12.6 Å². The average Bonchev–Trinajstić information content (AvgIpc) is 3.26. The van der Waals surface area contributed by atoms with E-state index in [0.717, 1.165) is 22.2 Å². The van der Waals surface area contributed by atoms with Gasteiger partial charge < -0.3 is 10.2 Å². The predicted octanol–water partition coefficient (Wildman–Crippen LogP) is 4.29. The van der Waals surface area contributed by atoms with Crippen LogP contribution in [-0.4, -0.2) is 35.2 Å². The molecule has 1 N–H and O–H groups in total. The first-order chi connectivity index (χ1) is 16.6. The second-order valence-electron chi connectivity index (χ2n) is 8.30. The number of carbonyl (C=O) groups is 2. The van der Waals surface area contributed by atoms with Gasteiger partial charge in [0.05, 0.1) is 22.5 Å². The van der Waals surface area contributed by atoms with Crippen LogP contribution in [0.3, 0.4) is 0 Å². The fourth-order valence-electron chi connectivity index (χ4n) is 4.63. The fourth-order valence-corrected chi connectivity index (χ4v) is 4.63. The molecule has 1 atom stereocenters. The number of aliphatic imine (C=N–C) groups is 1. The summed E-state index contributed by atoms with van der Waals surface area (Å²) in [6.45, 7) is 0.481. The van der Waals surface area contributed by atoms with Crippen LogP contribution in [0.5, 0.6) is 0 Å². The minimum absolute atomic E-state index is 0. The van der Waals surface area contributed by atoms with Gasteiger partial charge in [0, 0.05) is 29.3 Å². The van der Waals surface area contributed by atoms with Crippen molar-refractivity contribution in [3.8, 4) is 0 Å². The van der Waals surface area contributed by atoms with E-state index in [4.69, 9.17) is 0 Å². The second kappa shape index (κ2) is 8.92. The van der Waals surface area contributed by atoms with E-state index < -0.39 is 17.9 Å². The van der Waals surface area contributed by atoms with Crippen molar-refractivity contribution in [2.24, 2.45) is 4.99 Å². The van der Waals surface area contributed by atoms with E-state index in [1.807, 2.05) is 42.5 Å². The number of hydrogen-bond acceptors (Lipinski definition) is 4. The van der Waals surface area contributed by atoms with Gasteiger partial charge in [-0.25, -0.2) is 9.38 Å². The maximum Gasteiger partial charge on any atom is 0.272 e. The lowest BCUT2D eigenvalue weighted by atomic mass is 9.98. The Morgan fingerprint density at radius 3 is 2.63 bits per heavy atom. The Balaban J connectivity index is 0.00000253. The summed E-state index contributed by atoms with van der Waals surface area (Å²) in [4.78, 5) is 37.2. The smallest absolute Gasteiger partial charge is 0.272 e. The highest BCUT2D eigenvalue weighted by Gasteiger charge is 2.37. The SMILES string of the molecule is Cl.O=C(NC1N=C(c2ccccc2F)c2cccc3c2N(CC3)C1=O)c1cnc2ccccc2c1. The molecule has 2 aliphatic heterocycles. The molecule has 0 aliphatic carbocycles. The normalized spacial score (nSPS) is 16.3. The van der Waals surface area contributed by atoms with E-state index in [1.165, 1.54) is 12.3 Å². The molecule has 35 heavy (non-hydrogen) atoms. The molecule has 2 amide bonds. The van der Waals surface area contributed by atoms with Crippen LogP contribution < -0.4 is 10.2 Å². The Bertz CT molecular complexity index is 1520. The molecule has 0 bridgehead atoms. The average molecular weight is 487 g/mol. The van der Waals surface area contributed by atoms with Gasteiger partial charge in [-0.2, -0.15) is 0 Å². The van der Waals surface area contributed by atoms with Crippen molar-refractivity contribution in [1.82, 2.24) is 10.3 Å². The molecule has 6 rings (SSSR count). The lowest BCUT2D eigenvalue weighted by molar-refractivity contribution is -0.120. The Morgan fingerprint density at radius 1 is 1.00 bits per heavy atom. The number of amides is 2. The number of halogens is 2. The van der Waals surface area contributed by atoms with Crippen LogP contribution in [0.1, 0.15) is 27.0 Å². The van der Waals surface area contributed by atoms with Crippen molar-refractivity contribution in [2.75, 3.05) is 11.4 Å². The minimum atomic E-state index is -1.20. The molecule has 1 unspecified atom stereocenters. The van der Waals surface area contributed by atoms with Crippen molar-refractivity contribution in [1.29, 1.82) is 0 Å². The van der Waals surface area contributed by atoms with E-state index in [9.17, 15) is 14.0 Å². The van der Waals surface area contributed by atoms with Gasteiger partial charge in [0.15, 0.2) is 0 Å². The monoisotopic (exact) mass is 486 g/mol. The zero-order chi connectivity index (χ0) is 23.2. The zero-order valence-electron chi connectivity index (χ0n) is 18.4. The van der Waals surface area contributed by atoms with E-state index in [1.54, 1.807) is 29.2 Å². The van der Waals surface area contributed by atoms with E-state index in [-0.39, 0.29) is 23.9 Å². The minimum Gasteiger partial charge on any atom is -0.322 e. The van der Waals surface area contributed by atoms with Gasteiger partial charge in [-0.1, -0.05) is 48.5 Å². The zero-order valence-corrected chi connectivity index (χ0v) is 19.3. The molecule has 0 saturated heterocycles. The summed E-state index contributed by atoms with van der Waals surface area (Å²) < 4.78 is 14.8. The largest absolute Gasteiger partial charge is 0.322 e. The molecular formula is C27H20ClFN4O2. The molecule has 8 heteroatoms. The van der Waals surface area contributed by atoms with E-state index >= 15 is 0 Å². The standard InChI is InChI=1S/C27H19FN4O2.ClH/c28-21-10-3-2-8-19(21)23-20-9-5-7-16-12-13-32(24(16)20)27(34)25(30-23)31-26(33)18-14-17-6-1-4-11-22(17)29-15-18;/h1-11,14-15,25H,12-13H2,(H,31,33);1H. The van der Waals surface area contributed by atoms with Gasteiger partial charge in [0.2, 0.25) is 6.17 Å². The fraction of sp³-hybridized carbons (Fsp3) is 0.111. The summed E-state index contributed by atoms with van der Waals surface area (Å²) in [7, 11) is 0. The summed E-state index contributed by atoms with van der Waals surface area (Å²) in [5.74, 6) is -1.26. The molecule has 1 aromatic heterocycles. The molecule has 0 radical (unpaired) electrons. The van der Waals surface area contributed by atoms with Crippen LogP contribution in [-0.2, 0) is 11.2 Å². The summed E-state index contributed by atoms with van der Waals surface area (Å²) in [6, 6.07) is 21.2. The number of benzene rings is 3. The molecule has 0 spiro atoms.